The molecule has 35 heavy (non-hydrogen) atoms. The second-order valence-corrected chi connectivity index (χ2v) is 9.55. The van der Waals surface area contributed by atoms with Crippen molar-refractivity contribution in [2.45, 2.75) is 32.9 Å². The van der Waals surface area contributed by atoms with E-state index in [1.807, 2.05) is 30.7 Å². The molecule has 182 valence electrons. The van der Waals surface area contributed by atoms with Crippen molar-refractivity contribution in [3.63, 3.8) is 0 Å². The largest absolute Gasteiger partial charge is 0.508 e. The summed E-state index contributed by atoms with van der Waals surface area (Å²) in [5, 5.41) is 28.8. The molecule has 3 aromatic heterocycles. The van der Waals surface area contributed by atoms with Gasteiger partial charge >= 0.3 is 0 Å². The first-order valence-corrected chi connectivity index (χ1v) is 12.3. The van der Waals surface area contributed by atoms with Gasteiger partial charge in [0.05, 0.1) is 18.2 Å². The first-order valence-electron chi connectivity index (χ1n) is 11.4. The van der Waals surface area contributed by atoms with Crippen LogP contribution in [-0.2, 0) is 6.54 Å². The van der Waals surface area contributed by atoms with Crippen molar-refractivity contribution in [1.29, 1.82) is 0 Å². The van der Waals surface area contributed by atoms with Gasteiger partial charge in [-0.05, 0) is 53.6 Å². The van der Waals surface area contributed by atoms with Crippen LogP contribution < -0.4 is 10.6 Å². The molecule has 4 aromatic rings. The number of thiophene rings is 1. The Kier molecular flexibility index (Phi) is 7.48. The highest BCUT2D eigenvalue weighted by atomic mass is 32.1. The maximum Gasteiger partial charge on any atom is 0.270 e. The fourth-order valence-corrected chi connectivity index (χ4v) is 4.60. The van der Waals surface area contributed by atoms with Crippen molar-refractivity contribution in [1.82, 2.24) is 20.0 Å². The number of nitrogens with zero attached hydrogens (tertiary/aromatic N) is 2. The molecule has 0 radical (unpaired) electrons. The molecule has 0 aliphatic heterocycles. The second-order valence-electron chi connectivity index (χ2n) is 8.77. The molecule has 0 saturated heterocycles. The summed E-state index contributed by atoms with van der Waals surface area (Å²) in [6, 6.07) is 11.5. The number of rotatable bonds is 9. The van der Waals surface area contributed by atoms with E-state index in [1.165, 1.54) is 11.3 Å². The molecular weight excluding hydrogens is 464 g/mol. The van der Waals surface area contributed by atoms with E-state index in [9.17, 15) is 19.8 Å². The molecular formula is C26H28N4O4S. The predicted molar refractivity (Wildman–Crippen MR) is 136 cm³/mol. The number of phenolic OH excluding ortho intramolecular Hbond substituents is 1. The van der Waals surface area contributed by atoms with Crippen LogP contribution in [0.1, 0.15) is 46.7 Å². The van der Waals surface area contributed by atoms with Gasteiger partial charge in [-0.3, -0.25) is 14.0 Å². The lowest BCUT2D eigenvalue weighted by molar-refractivity contribution is 0.0901. The molecule has 4 N–H and O–H groups in total. The number of aliphatic hydroxyl groups excluding tert-OH is 1. The van der Waals surface area contributed by atoms with Crippen molar-refractivity contribution in [2.75, 3.05) is 6.61 Å². The van der Waals surface area contributed by atoms with Gasteiger partial charge in [0, 0.05) is 23.7 Å². The second kappa shape index (κ2) is 10.7. The van der Waals surface area contributed by atoms with Crippen LogP contribution in [0.4, 0.5) is 0 Å². The Morgan fingerprint density at radius 3 is 2.54 bits per heavy atom. The highest BCUT2D eigenvalue weighted by Crippen LogP contribution is 2.28. The first kappa shape index (κ1) is 24.4. The highest BCUT2D eigenvalue weighted by molar-refractivity contribution is 7.08. The van der Waals surface area contributed by atoms with Crippen LogP contribution >= 0.6 is 11.3 Å². The zero-order valence-electron chi connectivity index (χ0n) is 19.6. The molecule has 0 fully saturated rings. The number of fused-ring (bicyclic) bond motifs is 1. The zero-order chi connectivity index (χ0) is 24.9. The van der Waals surface area contributed by atoms with E-state index in [0.29, 0.717) is 34.9 Å². The van der Waals surface area contributed by atoms with E-state index in [0.717, 1.165) is 11.1 Å². The van der Waals surface area contributed by atoms with Crippen LogP contribution in [0.2, 0.25) is 0 Å². The molecule has 0 aliphatic carbocycles. The van der Waals surface area contributed by atoms with Gasteiger partial charge in [-0.2, -0.15) is 11.3 Å². The SMILES string of the molecule is CC(C)C[C@@H](CO)NC(=O)c1c(-c2ccsc2)nc2c(C(=O)NCc3ccc(O)cc3)cccn12. The molecule has 1 atom stereocenters. The minimum absolute atomic E-state index is 0.158. The lowest BCUT2D eigenvalue weighted by Gasteiger charge is -2.18. The van der Waals surface area contributed by atoms with Crippen LogP contribution in [0.25, 0.3) is 16.9 Å². The van der Waals surface area contributed by atoms with E-state index >= 15 is 0 Å². The number of aromatic nitrogens is 2. The fraction of sp³-hybridized carbons (Fsp3) is 0.269. The molecule has 2 amide bonds. The summed E-state index contributed by atoms with van der Waals surface area (Å²) in [7, 11) is 0. The van der Waals surface area contributed by atoms with Crippen molar-refractivity contribution >= 4 is 28.8 Å². The van der Waals surface area contributed by atoms with E-state index in [-0.39, 0.29) is 36.8 Å². The summed E-state index contributed by atoms with van der Waals surface area (Å²) >= 11 is 1.49. The maximum atomic E-state index is 13.4. The number of benzene rings is 1. The number of pyridine rings is 1. The van der Waals surface area contributed by atoms with Gasteiger partial charge in [-0.15, -0.1) is 0 Å². The summed E-state index contributed by atoms with van der Waals surface area (Å²) in [5.74, 6) is -0.230. The molecule has 0 saturated carbocycles. The number of hydrogen-bond acceptors (Lipinski definition) is 6. The molecule has 0 bridgehead atoms. The van der Waals surface area contributed by atoms with Gasteiger partial charge in [0.25, 0.3) is 11.8 Å². The number of amides is 2. The van der Waals surface area contributed by atoms with Crippen LogP contribution in [0.3, 0.4) is 0 Å². The molecule has 0 unspecified atom stereocenters. The average molecular weight is 493 g/mol. The quantitative estimate of drug-likeness (QED) is 0.283. The summed E-state index contributed by atoms with van der Waals surface area (Å²) in [5.41, 5.74) is 3.11. The number of phenols is 1. The Morgan fingerprint density at radius 1 is 1.11 bits per heavy atom. The number of carbonyl (C=O) groups excluding carboxylic acids is 2. The maximum absolute atomic E-state index is 13.4. The third-order valence-electron chi connectivity index (χ3n) is 5.61. The normalized spacial score (nSPS) is 12.1. The van der Waals surface area contributed by atoms with E-state index in [1.54, 1.807) is 47.0 Å². The lowest BCUT2D eigenvalue weighted by Crippen LogP contribution is -2.39. The molecule has 4 rings (SSSR count). The monoisotopic (exact) mass is 492 g/mol. The summed E-state index contributed by atoms with van der Waals surface area (Å²) < 4.78 is 1.63. The fourth-order valence-electron chi connectivity index (χ4n) is 3.96. The Hall–Kier alpha value is -3.69. The molecule has 9 heteroatoms. The lowest BCUT2D eigenvalue weighted by atomic mass is 10.0. The van der Waals surface area contributed by atoms with Crippen LogP contribution in [0.5, 0.6) is 5.75 Å². The van der Waals surface area contributed by atoms with E-state index < -0.39 is 0 Å². The third-order valence-corrected chi connectivity index (χ3v) is 6.29. The summed E-state index contributed by atoms with van der Waals surface area (Å²) in [6.45, 7) is 4.17. The van der Waals surface area contributed by atoms with Gasteiger partial charge in [0.1, 0.15) is 17.1 Å². The van der Waals surface area contributed by atoms with Crippen LogP contribution in [0, 0.1) is 5.92 Å². The van der Waals surface area contributed by atoms with Crippen molar-refractivity contribution in [3.05, 3.63) is 76.2 Å². The van der Waals surface area contributed by atoms with Crippen molar-refractivity contribution in [2.24, 2.45) is 5.92 Å². The zero-order valence-corrected chi connectivity index (χ0v) is 20.4. The number of carbonyl (C=O) groups is 2. The van der Waals surface area contributed by atoms with Crippen LogP contribution in [0.15, 0.2) is 59.4 Å². The predicted octanol–water partition coefficient (Wildman–Crippen LogP) is 3.84. The van der Waals surface area contributed by atoms with Gasteiger partial charge < -0.3 is 20.8 Å². The van der Waals surface area contributed by atoms with E-state index in [2.05, 4.69) is 10.6 Å². The van der Waals surface area contributed by atoms with Gasteiger partial charge in [0.15, 0.2) is 5.65 Å². The topological polar surface area (TPSA) is 116 Å². The molecule has 8 nitrogen and oxygen atoms in total. The van der Waals surface area contributed by atoms with Crippen LogP contribution in [-0.4, -0.2) is 44.1 Å². The third kappa shape index (κ3) is 5.52. The Labute approximate surface area is 207 Å². The van der Waals surface area contributed by atoms with Crippen molar-refractivity contribution < 1.29 is 19.8 Å². The molecule has 1 aromatic carbocycles. The smallest absolute Gasteiger partial charge is 0.270 e. The Balaban J connectivity index is 1.69. The van der Waals surface area contributed by atoms with Gasteiger partial charge in [-0.25, -0.2) is 4.98 Å². The standard InChI is InChI=1S/C26H28N4O4S/c1-16(2)12-19(14-31)28-26(34)23-22(18-9-11-35-15-18)29-24-21(4-3-10-30(23)24)25(33)27-13-17-5-7-20(32)8-6-17/h3-11,15-16,19,31-32H,12-14H2,1-2H3,(H,27,33)(H,28,34)/t19-/m0/s1. The van der Waals surface area contributed by atoms with Gasteiger partial charge in [-0.1, -0.05) is 26.0 Å². The summed E-state index contributed by atoms with van der Waals surface area (Å²) in [6.07, 6.45) is 2.35. The number of hydrogen-bond donors (Lipinski definition) is 4. The number of nitrogens with one attached hydrogen (secondary N) is 2. The Bertz CT molecular complexity index is 1310. The Morgan fingerprint density at radius 2 is 1.89 bits per heavy atom. The van der Waals surface area contributed by atoms with E-state index in [4.69, 9.17) is 4.98 Å². The summed E-state index contributed by atoms with van der Waals surface area (Å²) in [4.78, 5) is 31.2. The minimum Gasteiger partial charge on any atom is -0.508 e. The van der Waals surface area contributed by atoms with Crippen molar-refractivity contribution in [3.8, 4) is 17.0 Å². The minimum atomic E-state index is -0.389. The molecule has 3 heterocycles. The number of imidazole rings is 1. The molecule has 0 aliphatic rings. The first-order chi connectivity index (χ1) is 16.9. The van der Waals surface area contributed by atoms with Gasteiger partial charge in [0.2, 0.25) is 0 Å². The molecule has 0 spiro atoms. The highest BCUT2D eigenvalue weighted by Gasteiger charge is 2.25. The number of aromatic hydroxyl groups is 1. The number of aliphatic hydroxyl groups is 1. The average Bonchev–Trinajstić information content (AvgIpc) is 3.50.